The average molecular weight is 261 g/mol. The Hall–Kier alpha value is -0.820. The highest BCUT2D eigenvalue weighted by molar-refractivity contribution is 5.29. The maximum atomic E-state index is 3.51. The molecule has 1 N–H and O–H groups in total. The molecule has 0 saturated heterocycles. The Balaban J connectivity index is 2.03. The van der Waals surface area contributed by atoms with Gasteiger partial charge in [0.1, 0.15) is 0 Å². The lowest BCUT2D eigenvalue weighted by Crippen LogP contribution is -2.20. The summed E-state index contributed by atoms with van der Waals surface area (Å²) in [7, 11) is 0. The molecule has 0 saturated carbocycles. The highest BCUT2D eigenvalue weighted by Gasteiger charge is 1.97. The van der Waals surface area contributed by atoms with Crippen molar-refractivity contribution in [2.75, 3.05) is 13.1 Å². The second-order valence-electron chi connectivity index (χ2n) is 6.18. The van der Waals surface area contributed by atoms with E-state index in [-0.39, 0.29) is 0 Å². The number of rotatable bonds is 9. The van der Waals surface area contributed by atoms with Crippen LogP contribution in [0.15, 0.2) is 18.2 Å². The van der Waals surface area contributed by atoms with Crippen molar-refractivity contribution in [1.29, 1.82) is 0 Å². The third-order valence-electron chi connectivity index (χ3n) is 3.69. The van der Waals surface area contributed by atoms with E-state index in [0.29, 0.717) is 0 Å². The molecule has 1 rings (SSSR count). The normalized spacial score (nSPS) is 11.2. The van der Waals surface area contributed by atoms with Crippen LogP contribution in [0.3, 0.4) is 0 Å². The third-order valence-corrected chi connectivity index (χ3v) is 3.69. The van der Waals surface area contributed by atoms with Gasteiger partial charge in [-0.3, -0.25) is 0 Å². The summed E-state index contributed by atoms with van der Waals surface area (Å²) in [4.78, 5) is 0. The molecule has 0 bridgehead atoms. The van der Waals surface area contributed by atoms with Gasteiger partial charge in [0.15, 0.2) is 0 Å². The first-order valence-corrected chi connectivity index (χ1v) is 7.86. The highest BCUT2D eigenvalue weighted by atomic mass is 14.8. The molecule has 0 atom stereocenters. The van der Waals surface area contributed by atoms with Crippen molar-refractivity contribution in [2.24, 2.45) is 5.92 Å². The molecule has 1 aromatic carbocycles. The van der Waals surface area contributed by atoms with Gasteiger partial charge in [-0.05, 0) is 68.8 Å². The molecule has 1 heteroatoms. The number of nitrogens with one attached hydrogen (secondary N) is 1. The fourth-order valence-electron chi connectivity index (χ4n) is 2.28. The van der Waals surface area contributed by atoms with Crippen LogP contribution in [0.1, 0.15) is 56.2 Å². The molecule has 0 fully saturated rings. The lowest BCUT2D eigenvalue weighted by atomic mass is 10.0. The SMILES string of the molecule is Cc1ccc(CCCCCCNCC(C)C)cc1C. The largest absolute Gasteiger partial charge is 0.316 e. The fourth-order valence-corrected chi connectivity index (χ4v) is 2.28. The van der Waals surface area contributed by atoms with Crippen LogP contribution < -0.4 is 5.32 Å². The zero-order valence-corrected chi connectivity index (χ0v) is 13.3. The van der Waals surface area contributed by atoms with Gasteiger partial charge in [0.05, 0.1) is 0 Å². The summed E-state index contributed by atoms with van der Waals surface area (Å²) < 4.78 is 0. The maximum absolute atomic E-state index is 3.51. The first-order valence-electron chi connectivity index (χ1n) is 7.86. The minimum atomic E-state index is 0.768. The first-order chi connectivity index (χ1) is 9.09. The molecule has 0 spiro atoms. The lowest BCUT2D eigenvalue weighted by molar-refractivity contribution is 0.526. The van der Waals surface area contributed by atoms with Crippen molar-refractivity contribution in [3.63, 3.8) is 0 Å². The smallest absolute Gasteiger partial charge is 0.00258 e. The van der Waals surface area contributed by atoms with Crippen LogP contribution in [-0.4, -0.2) is 13.1 Å². The van der Waals surface area contributed by atoms with Crippen LogP contribution in [0.4, 0.5) is 0 Å². The van der Waals surface area contributed by atoms with Crippen molar-refractivity contribution in [1.82, 2.24) is 5.32 Å². The van der Waals surface area contributed by atoms with Crippen molar-refractivity contribution < 1.29 is 0 Å². The molecular formula is C18H31N. The highest BCUT2D eigenvalue weighted by Crippen LogP contribution is 2.13. The van der Waals surface area contributed by atoms with Crippen LogP contribution in [0, 0.1) is 19.8 Å². The lowest BCUT2D eigenvalue weighted by Gasteiger charge is -2.07. The Bertz CT molecular complexity index is 355. The number of hydrogen-bond acceptors (Lipinski definition) is 1. The van der Waals surface area contributed by atoms with E-state index in [9.17, 15) is 0 Å². The summed E-state index contributed by atoms with van der Waals surface area (Å²) in [5.41, 5.74) is 4.33. The molecule has 0 unspecified atom stereocenters. The zero-order valence-electron chi connectivity index (χ0n) is 13.3. The van der Waals surface area contributed by atoms with Crippen molar-refractivity contribution >= 4 is 0 Å². The third kappa shape index (κ3) is 7.37. The van der Waals surface area contributed by atoms with Gasteiger partial charge in [0.25, 0.3) is 0 Å². The molecule has 0 aliphatic heterocycles. The molecule has 0 amide bonds. The number of hydrogen-bond donors (Lipinski definition) is 1. The van der Waals surface area contributed by atoms with Gasteiger partial charge in [-0.1, -0.05) is 44.9 Å². The summed E-state index contributed by atoms with van der Waals surface area (Å²) in [6, 6.07) is 6.88. The topological polar surface area (TPSA) is 12.0 Å². The Morgan fingerprint density at radius 3 is 2.37 bits per heavy atom. The van der Waals surface area contributed by atoms with Crippen molar-refractivity contribution in [3.8, 4) is 0 Å². The molecule has 0 aliphatic carbocycles. The average Bonchev–Trinajstić information content (AvgIpc) is 2.36. The van der Waals surface area contributed by atoms with E-state index in [1.54, 1.807) is 0 Å². The predicted molar refractivity (Wildman–Crippen MR) is 85.8 cm³/mol. The number of unbranched alkanes of at least 4 members (excludes halogenated alkanes) is 3. The minimum Gasteiger partial charge on any atom is -0.316 e. The van der Waals surface area contributed by atoms with E-state index in [1.165, 1.54) is 55.3 Å². The molecular weight excluding hydrogens is 230 g/mol. The van der Waals surface area contributed by atoms with Crippen molar-refractivity contribution in [3.05, 3.63) is 34.9 Å². The van der Waals surface area contributed by atoms with E-state index < -0.39 is 0 Å². The summed E-state index contributed by atoms with van der Waals surface area (Å²) in [5, 5.41) is 3.51. The predicted octanol–water partition coefficient (Wildman–Crippen LogP) is 4.65. The van der Waals surface area contributed by atoms with Gasteiger partial charge in [0.2, 0.25) is 0 Å². The molecule has 0 aromatic heterocycles. The van der Waals surface area contributed by atoms with E-state index >= 15 is 0 Å². The molecule has 1 nitrogen and oxygen atoms in total. The van der Waals surface area contributed by atoms with Gasteiger partial charge < -0.3 is 5.32 Å². The summed E-state index contributed by atoms with van der Waals surface area (Å²) in [6.07, 6.45) is 6.60. The second-order valence-corrected chi connectivity index (χ2v) is 6.18. The van der Waals surface area contributed by atoms with E-state index in [4.69, 9.17) is 0 Å². The van der Waals surface area contributed by atoms with E-state index in [2.05, 4.69) is 51.2 Å². The standard InChI is InChI=1S/C18H31N/c1-15(2)14-19-12-8-6-5-7-9-18-11-10-16(3)17(4)13-18/h10-11,13,15,19H,5-9,12,14H2,1-4H3. The Kier molecular flexibility index (Phi) is 7.81. The molecule has 0 aliphatic rings. The van der Waals surface area contributed by atoms with Crippen LogP contribution >= 0.6 is 0 Å². The summed E-state index contributed by atoms with van der Waals surface area (Å²) >= 11 is 0. The summed E-state index contributed by atoms with van der Waals surface area (Å²) in [5.74, 6) is 0.768. The summed E-state index contributed by atoms with van der Waals surface area (Å²) in [6.45, 7) is 11.3. The quantitative estimate of drug-likeness (QED) is 0.638. The van der Waals surface area contributed by atoms with Crippen LogP contribution in [-0.2, 0) is 6.42 Å². The van der Waals surface area contributed by atoms with Gasteiger partial charge >= 0.3 is 0 Å². The van der Waals surface area contributed by atoms with Gasteiger partial charge in [-0.25, -0.2) is 0 Å². The Morgan fingerprint density at radius 1 is 0.947 bits per heavy atom. The van der Waals surface area contributed by atoms with Crippen LogP contribution in [0.5, 0.6) is 0 Å². The van der Waals surface area contributed by atoms with Crippen LogP contribution in [0.25, 0.3) is 0 Å². The first kappa shape index (κ1) is 16.2. The molecule has 0 heterocycles. The van der Waals surface area contributed by atoms with Gasteiger partial charge in [-0.15, -0.1) is 0 Å². The second kappa shape index (κ2) is 9.14. The van der Waals surface area contributed by atoms with Crippen molar-refractivity contribution in [2.45, 2.75) is 59.8 Å². The van der Waals surface area contributed by atoms with Crippen LogP contribution in [0.2, 0.25) is 0 Å². The zero-order chi connectivity index (χ0) is 14.1. The number of benzene rings is 1. The Labute approximate surface area is 119 Å². The fraction of sp³-hybridized carbons (Fsp3) is 0.667. The monoisotopic (exact) mass is 261 g/mol. The Morgan fingerprint density at radius 2 is 1.68 bits per heavy atom. The molecule has 19 heavy (non-hydrogen) atoms. The minimum absolute atomic E-state index is 0.768. The van der Waals surface area contributed by atoms with E-state index in [1.807, 2.05) is 0 Å². The maximum Gasteiger partial charge on any atom is -0.00258 e. The molecule has 1 aromatic rings. The molecule has 0 radical (unpaired) electrons. The van der Waals surface area contributed by atoms with E-state index in [0.717, 1.165) is 12.5 Å². The van der Waals surface area contributed by atoms with Gasteiger partial charge in [-0.2, -0.15) is 0 Å². The van der Waals surface area contributed by atoms with Gasteiger partial charge in [0, 0.05) is 0 Å². The molecule has 108 valence electrons. The number of aryl methyl sites for hydroxylation is 3.